The van der Waals surface area contributed by atoms with Crippen LogP contribution in [-0.4, -0.2) is 91.1 Å². The van der Waals surface area contributed by atoms with Crippen molar-refractivity contribution >= 4 is 28.7 Å². The minimum atomic E-state index is -0.128. The number of carbonyl (C=O) groups is 2. The predicted molar refractivity (Wildman–Crippen MR) is 192 cm³/mol. The molecule has 0 bridgehead atoms. The third-order valence-corrected chi connectivity index (χ3v) is 10.3. The van der Waals surface area contributed by atoms with E-state index in [9.17, 15) is 9.59 Å². The largest absolute Gasteiger partial charge is 0.493 e. The summed E-state index contributed by atoms with van der Waals surface area (Å²) in [4.78, 5) is 35.0. The molecule has 2 aliphatic rings. The fourth-order valence-electron chi connectivity index (χ4n) is 7.56. The van der Waals surface area contributed by atoms with Gasteiger partial charge in [0.2, 0.25) is 11.7 Å². The normalized spacial score (nSPS) is 18.5. The third-order valence-electron chi connectivity index (χ3n) is 10.3. The highest BCUT2D eigenvalue weighted by Crippen LogP contribution is 2.41. The summed E-state index contributed by atoms with van der Waals surface area (Å²) in [6.07, 6.45) is 5.32. The van der Waals surface area contributed by atoms with E-state index in [-0.39, 0.29) is 17.1 Å². The smallest absolute Gasteiger partial charge is 0.254 e. The molecule has 2 fully saturated rings. The second-order valence-electron chi connectivity index (χ2n) is 13.4. The van der Waals surface area contributed by atoms with Crippen molar-refractivity contribution in [3.63, 3.8) is 0 Å². The second-order valence-corrected chi connectivity index (χ2v) is 13.4. The number of ketones is 1. The Kier molecular flexibility index (Phi) is 10.7. The Hall–Kier alpha value is -4.57. The number of likely N-dealkylation sites (tertiary alicyclic amines) is 2. The summed E-state index contributed by atoms with van der Waals surface area (Å²) in [5.41, 5.74) is 3.77. The minimum absolute atomic E-state index is 0.0312. The number of benzene rings is 3. The first kappa shape index (κ1) is 34.3. The quantitative estimate of drug-likeness (QED) is 0.170. The van der Waals surface area contributed by atoms with Crippen molar-refractivity contribution in [1.29, 1.82) is 0 Å². The summed E-state index contributed by atoms with van der Waals surface area (Å²) in [6.45, 7) is 6.73. The molecule has 1 aromatic heterocycles. The average molecular weight is 668 g/mol. The molecule has 4 aromatic rings. The molecule has 3 heterocycles. The van der Waals surface area contributed by atoms with Crippen molar-refractivity contribution in [1.82, 2.24) is 19.4 Å². The van der Waals surface area contributed by atoms with E-state index in [1.165, 1.54) is 5.56 Å². The first-order valence-corrected chi connectivity index (χ1v) is 17.4. The van der Waals surface area contributed by atoms with Crippen LogP contribution in [0.2, 0.25) is 0 Å². The number of hydrogen-bond donors (Lipinski definition) is 1. The van der Waals surface area contributed by atoms with E-state index < -0.39 is 0 Å². The van der Waals surface area contributed by atoms with E-state index in [0.717, 1.165) is 75.3 Å². The summed E-state index contributed by atoms with van der Waals surface area (Å²) < 4.78 is 18.8. The molecule has 3 aromatic carbocycles. The molecule has 10 heteroatoms. The van der Waals surface area contributed by atoms with Gasteiger partial charge in [0.25, 0.3) is 5.91 Å². The summed E-state index contributed by atoms with van der Waals surface area (Å²) in [5, 5.41) is 3.76. The van der Waals surface area contributed by atoms with Crippen LogP contribution in [0.15, 0.2) is 66.7 Å². The van der Waals surface area contributed by atoms with Crippen LogP contribution in [0.5, 0.6) is 17.2 Å². The molecule has 2 aliphatic heterocycles. The number of amides is 1. The van der Waals surface area contributed by atoms with E-state index in [0.29, 0.717) is 48.4 Å². The number of aryl methyl sites for hydroxylation is 1. The van der Waals surface area contributed by atoms with Crippen molar-refractivity contribution in [2.45, 2.75) is 63.5 Å². The standard InChI is InChI=1S/C39H49N5O5/c1-28(45)11-10-20-44-33-15-9-8-14-32(33)41-38(44)40-31-16-21-42(22-17-31)23-18-39(30-12-6-5-7-13-30)19-24-43(27-39)37(46)29-25-34(47-2)36(49-4)35(26-29)48-3/h5-9,12-15,25-26,31H,10-11,16-24,27H2,1-4H3,(H,40,41). The molecular formula is C39H49N5O5. The van der Waals surface area contributed by atoms with Gasteiger partial charge in [-0.1, -0.05) is 42.5 Å². The molecule has 1 amide bonds. The van der Waals surface area contributed by atoms with Gasteiger partial charge in [0.15, 0.2) is 11.5 Å². The Balaban J connectivity index is 1.10. The molecule has 0 aliphatic carbocycles. The van der Waals surface area contributed by atoms with E-state index in [1.807, 2.05) is 17.0 Å². The van der Waals surface area contributed by atoms with Gasteiger partial charge < -0.3 is 38.7 Å². The van der Waals surface area contributed by atoms with Crippen molar-refractivity contribution in [2.24, 2.45) is 0 Å². The Morgan fingerprint density at radius 2 is 1.59 bits per heavy atom. The molecule has 0 saturated carbocycles. The number of piperidine rings is 1. The van der Waals surface area contributed by atoms with Gasteiger partial charge >= 0.3 is 0 Å². The van der Waals surface area contributed by atoms with Gasteiger partial charge in [-0.15, -0.1) is 0 Å². The molecule has 0 radical (unpaired) electrons. The van der Waals surface area contributed by atoms with Crippen LogP contribution in [-0.2, 0) is 16.8 Å². The van der Waals surface area contributed by atoms with Crippen molar-refractivity contribution in [2.75, 3.05) is 59.4 Å². The maximum Gasteiger partial charge on any atom is 0.254 e. The van der Waals surface area contributed by atoms with Gasteiger partial charge in [0.1, 0.15) is 5.78 Å². The van der Waals surface area contributed by atoms with E-state index in [1.54, 1.807) is 40.4 Å². The fourth-order valence-corrected chi connectivity index (χ4v) is 7.56. The number of methoxy groups -OCH3 is 3. The average Bonchev–Trinajstić information content (AvgIpc) is 3.73. The maximum atomic E-state index is 13.9. The third kappa shape index (κ3) is 7.54. The summed E-state index contributed by atoms with van der Waals surface area (Å²) in [6, 6.07) is 22.7. The van der Waals surface area contributed by atoms with Crippen LogP contribution in [0.1, 0.15) is 61.4 Å². The van der Waals surface area contributed by atoms with Gasteiger partial charge in [0.05, 0.1) is 32.4 Å². The Morgan fingerprint density at radius 3 is 2.27 bits per heavy atom. The number of aromatic nitrogens is 2. The highest BCUT2D eigenvalue weighted by molar-refractivity contribution is 5.96. The van der Waals surface area contributed by atoms with Crippen LogP contribution in [0.3, 0.4) is 0 Å². The molecule has 1 atom stereocenters. The molecule has 0 spiro atoms. The van der Waals surface area contributed by atoms with Gasteiger partial charge in [-0.3, -0.25) is 4.79 Å². The molecule has 1 N–H and O–H groups in total. The summed E-state index contributed by atoms with van der Waals surface area (Å²) in [7, 11) is 4.69. The van der Waals surface area contributed by atoms with Gasteiger partial charge in [-0.25, -0.2) is 4.98 Å². The van der Waals surface area contributed by atoms with Crippen molar-refractivity contribution in [3.8, 4) is 17.2 Å². The van der Waals surface area contributed by atoms with Crippen molar-refractivity contribution < 1.29 is 23.8 Å². The summed E-state index contributed by atoms with van der Waals surface area (Å²) in [5.74, 6) is 2.51. The molecular weight excluding hydrogens is 618 g/mol. The number of anilines is 1. The zero-order valence-electron chi connectivity index (χ0n) is 29.2. The van der Waals surface area contributed by atoms with E-state index >= 15 is 0 Å². The van der Waals surface area contributed by atoms with E-state index in [4.69, 9.17) is 19.2 Å². The molecule has 49 heavy (non-hydrogen) atoms. The Bertz CT molecular complexity index is 1720. The highest BCUT2D eigenvalue weighted by Gasteiger charge is 2.42. The summed E-state index contributed by atoms with van der Waals surface area (Å²) >= 11 is 0. The number of fused-ring (bicyclic) bond motifs is 1. The lowest BCUT2D eigenvalue weighted by atomic mass is 9.76. The minimum Gasteiger partial charge on any atom is -0.493 e. The Labute approximate surface area is 289 Å². The first-order chi connectivity index (χ1) is 23.8. The SMILES string of the molecule is COc1cc(C(=O)N2CCC(CCN3CCC(Nc4nc5ccccc5n4CCCC(C)=O)CC3)(c3ccccc3)C2)cc(OC)c1OC. The molecule has 10 nitrogen and oxygen atoms in total. The zero-order valence-corrected chi connectivity index (χ0v) is 29.2. The number of carbonyl (C=O) groups excluding carboxylic acids is 2. The predicted octanol–water partition coefficient (Wildman–Crippen LogP) is 6.18. The van der Waals surface area contributed by atoms with Crippen LogP contribution < -0.4 is 19.5 Å². The number of hydrogen-bond acceptors (Lipinski definition) is 8. The highest BCUT2D eigenvalue weighted by atomic mass is 16.5. The number of ether oxygens (including phenoxy) is 3. The number of Topliss-reactive ketones (excluding diaryl/α,β-unsaturated/α-hetero) is 1. The molecule has 2 saturated heterocycles. The molecule has 6 rings (SSSR count). The first-order valence-electron chi connectivity index (χ1n) is 17.4. The molecule has 1 unspecified atom stereocenters. The van der Waals surface area contributed by atoms with E-state index in [2.05, 4.69) is 57.2 Å². The number of nitrogens with zero attached hydrogens (tertiary/aromatic N) is 4. The van der Waals surface area contributed by atoms with Gasteiger partial charge in [-0.05, 0) is 75.4 Å². The van der Waals surface area contributed by atoms with Crippen LogP contribution in [0, 0.1) is 0 Å². The van der Waals surface area contributed by atoms with Gasteiger partial charge in [0, 0.05) is 56.2 Å². The number of para-hydroxylation sites is 2. The number of imidazole rings is 1. The lowest BCUT2D eigenvalue weighted by molar-refractivity contribution is -0.117. The monoisotopic (exact) mass is 667 g/mol. The fraction of sp³-hybridized carbons (Fsp3) is 0.462. The van der Waals surface area contributed by atoms with Gasteiger partial charge in [-0.2, -0.15) is 0 Å². The van der Waals surface area contributed by atoms with Crippen LogP contribution >= 0.6 is 0 Å². The Morgan fingerprint density at radius 1 is 0.898 bits per heavy atom. The zero-order chi connectivity index (χ0) is 34.4. The number of nitrogens with one attached hydrogen (secondary N) is 1. The van der Waals surface area contributed by atoms with Crippen LogP contribution in [0.4, 0.5) is 5.95 Å². The topological polar surface area (TPSA) is 98.2 Å². The molecule has 260 valence electrons. The van der Waals surface area contributed by atoms with Crippen LogP contribution in [0.25, 0.3) is 11.0 Å². The number of rotatable bonds is 14. The van der Waals surface area contributed by atoms with Crippen molar-refractivity contribution in [3.05, 3.63) is 77.9 Å². The lowest BCUT2D eigenvalue weighted by Crippen LogP contribution is -2.42. The lowest BCUT2D eigenvalue weighted by Gasteiger charge is -2.36. The second kappa shape index (κ2) is 15.3. The maximum absolute atomic E-state index is 13.9.